The number of thioether (sulfide) groups is 1. The zero-order valence-electron chi connectivity index (χ0n) is 8.52. The van der Waals surface area contributed by atoms with Gasteiger partial charge < -0.3 is 5.32 Å². The summed E-state index contributed by atoms with van der Waals surface area (Å²) in [5, 5.41) is 3.12. The molecule has 0 atom stereocenters. The quantitative estimate of drug-likeness (QED) is 0.794. The summed E-state index contributed by atoms with van der Waals surface area (Å²) in [7, 11) is 0. The van der Waals surface area contributed by atoms with Crippen LogP contribution in [0.4, 0.5) is 14.5 Å². The van der Waals surface area contributed by atoms with E-state index in [0.717, 1.165) is 24.6 Å². The lowest BCUT2D eigenvalue weighted by molar-refractivity contribution is 0.444. The van der Waals surface area contributed by atoms with Gasteiger partial charge in [0.25, 0.3) is 0 Å². The fraction of sp³-hybridized carbons (Fsp3) is 0.455. The van der Waals surface area contributed by atoms with Crippen molar-refractivity contribution in [1.82, 2.24) is 0 Å². The highest BCUT2D eigenvalue weighted by Crippen LogP contribution is 2.29. The van der Waals surface area contributed by atoms with Crippen molar-refractivity contribution < 1.29 is 8.78 Å². The minimum Gasteiger partial charge on any atom is -0.382 e. The first-order valence-corrected chi connectivity index (χ1v) is 6.22. The van der Waals surface area contributed by atoms with Crippen LogP contribution in [0, 0.1) is 11.6 Å². The molecule has 15 heavy (non-hydrogen) atoms. The van der Waals surface area contributed by atoms with E-state index in [1.165, 1.54) is 18.6 Å². The number of rotatable bonds is 3. The molecule has 1 N–H and O–H groups in total. The van der Waals surface area contributed by atoms with Gasteiger partial charge in [-0.2, -0.15) is 0 Å². The summed E-state index contributed by atoms with van der Waals surface area (Å²) in [5.74, 6) is -0.964. The minimum atomic E-state index is -0.482. The fourth-order valence-corrected chi connectivity index (χ4v) is 2.13. The standard InChI is InChI=1S/C11H13F2NS/c1-15-11-9(12)5-8(6-10(11)13)14-7-3-2-4-7/h5-7,14H,2-4H2,1H3. The average Bonchev–Trinajstić information content (AvgIpc) is 2.11. The molecule has 1 aromatic carbocycles. The molecule has 0 aliphatic heterocycles. The van der Waals surface area contributed by atoms with Crippen molar-refractivity contribution in [3.05, 3.63) is 23.8 Å². The van der Waals surface area contributed by atoms with Crippen LogP contribution in [0.1, 0.15) is 19.3 Å². The summed E-state index contributed by atoms with van der Waals surface area (Å²) in [6.45, 7) is 0. The van der Waals surface area contributed by atoms with Crippen molar-refractivity contribution in [2.24, 2.45) is 0 Å². The maximum Gasteiger partial charge on any atom is 0.141 e. The fourth-order valence-electron chi connectivity index (χ4n) is 1.63. The Morgan fingerprint density at radius 1 is 1.27 bits per heavy atom. The van der Waals surface area contributed by atoms with Crippen LogP contribution in [0.25, 0.3) is 0 Å². The van der Waals surface area contributed by atoms with Crippen molar-refractivity contribution in [3.8, 4) is 0 Å². The third-order valence-electron chi connectivity index (χ3n) is 2.68. The normalized spacial score (nSPS) is 16.2. The monoisotopic (exact) mass is 229 g/mol. The third kappa shape index (κ3) is 2.25. The highest BCUT2D eigenvalue weighted by molar-refractivity contribution is 7.98. The second-order valence-electron chi connectivity index (χ2n) is 3.75. The Morgan fingerprint density at radius 3 is 2.27 bits per heavy atom. The Labute approximate surface area is 92.3 Å². The first kappa shape index (κ1) is 10.7. The minimum absolute atomic E-state index is 0.0918. The van der Waals surface area contributed by atoms with Crippen LogP contribution >= 0.6 is 11.8 Å². The smallest absolute Gasteiger partial charge is 0.141 e. The van der Waals surface area contributed by atoms with E-state index >= 15 is 0 Å². The molecule has 4 heteroatoms. The van der Waals surface area contributed by atoms with E-state index in [9.17, 15) is 8.78 Å². The molecule has 82 valence electrons. The molecular formula is C11H13F2NS. The van der Waals surface area contributed by atoms with Gasteiger partial charge in [-0.1, -0.05) is 0 Å². The molecule has 1 aliphatic carbocycles. The highest BCUT2D eigenvalue weighted by atomic mass is 32.2. The highest BCUT2D eigenvalue weighted by Gasteiger charge is 2.18. The first-order chi connectivity index (χ1) is 7.20. The Morgan fingerprint density at radius 2 is 1.87 bits per heavy atom. The van der Waals surface area contributed by atoms with Crippen LogP contribution in [0.2, 0.25) is 0 Å². The second-order valence-corrected chi connectivity index (χ2v) is 4.56. The van der Waals surface area contributed by atoms with Crippen molar-refractivity contribution in [2.75, 3.05) is 11.6 Å². The van der Waals surface area contributed by atoms with Crippen LogP contribution in [-0.4, -0.2) is 12.3 Å². The summed E-state index contributed by atoms with van der Waals surface area (Å²) < 4.78 is 26.8. The van der Waals surface area contributed by atoms with E-state index in [0.29, 0.717) is 11.7 Å². The van der Waals surface area contributed by atoms with E-state index in [1.54, 1.807) is 6.26 Å². The summed E-state index contributed by atoms with van der Waals surface area (Å²) in [6.07, 6.45) is 5.05. The van der Waals surface area contributed by atoms with Gasteiger partial charge in [-0.05, 0) is 37.7 Å². The summed E-state index contributed by atoms with van der Waals surface area (Å²) >= 11 is 1.09. The Balaban J connectivity index is 2.18. The van der Waals surface area contributed by atoms with Gasteiger partial charge in [-0.15, -0.1) is 11.8 Å². The molecule has 0 spiro atoms. The van der Waals surface area contributed by atoms with Gasteiger partial charge in [0.2, 0.25) is 0 Å². The molecule has 1 fully saturated rings. The topological polar surface area (TPSA) is 12.0 Å². The van der Waals surface area contributed by atoms with E-state index in [-0.39, 0.29) is 4.90 Å². The molecule has 1 saturated carbocycles. The number of nitrogens with one attached hydrogen (secondary N) is 1. The predicted molar refractivity (Wildman–Crippen MR) is 59.4 cm³/mol. The predicted octanol–water partition coefficient (Wildman–Crippen LogP) is 3.65. The van der Waals surface area contributed by atoms with Crippen LogP contribution < -0.4 is 5.32 Å². The van der Waals surface area contributed by atoms with Crippen molar-refractivity contribution >= 4 is 17.4 Å². The molecule has 1 aliphatic rings. The van der Waals surface area contributed by atoms with Crippen molar-refractivity contribution in [1.29, 1.82) is 0 Å². The maximum atomic E-state index is 13.4. The van der Waals surface area contributed by atoms with Crippen LogP contribution in [0.5, 0.6) is 0 Å². The van der Waals surface area contributed by atoms with E-state index in [2.05, 4.69) is 5.32 Å². The van der Waals surface area contributed by atoms with E-state index < -0.39 is 11.6 Å². The summed E-state index contributed by atoms with van der Waals surface area (Å²) in [5.41, 5.74) is 0.549. The van der Waals surface area contributed by atoms with E-state index in [4.69, 9.17) is 0 Å². The molecule has 0 saturated heterocycles. The van der Waals surface area contributed by atoms with Crippen LogP contribution in [-0.2, 0) is 0 Å². The van der Waals surface area contributed by atoms with Crippen LogP contribution in [0.15, 0.2) is 17.0 Å². The molecule has 1 aromatic rings. The third-order valence-corrected chi connectivity index (χ3v) is 3.48. The Hall–Kier alpha value is -0.770. The zero-order valence-corrected chi connectivity index (χ0v) is 9.33. The first-order valence-electron chi connectivity index (χ1n) is 5.00. The Bertz CT molecular complexity index is 341. The molecule has 0 aromatic heterocycles. The number of halogens is 2. The number of hydrogen-bond acceptors (Lipinski definition) is 2. The lowest BCUT2D eigenvalue weighted by atomic mass is 9.93. The van der Waals surface area contributed by atoms with Gasteiger partial charge in [0, 0.05) is 11.7 Å². The van der Waals surface area contributed by atoms with Gasteiger partial charge in [0.1, 0.15) is 11.6 Å². The molecule has 0 heterocycles. The molecule has 1 nitrogen and oxygen atoms in total. The summed E-state index contributed by atoms with van der Waals surface area (Å²) in [6, 6.07) is 3.13. The van der Waals surface area contributed by atoms with Gasteiger partial charge >= 0.3 is 0 Å². The summed E-state index contributed by atoms with van der Waals surface area (Å²) in [4.78, 5) is 0.0918. The average molecular weight is 229 g/mol. The number of hydrogen-bond donors (Lipinski definition) is 1. The molecular weight excluding hydrogens is 216 g/mol. The molecule has 2 rings (SSSR count). The van der Waals surface area contributed by atoms with Gasteiger partial charge in [-0.25, -0.2) is 8.78 Å². The van der Waals surface area contributed by atoms with Gasteiger partial charge in [-0.3, -0.25) is 0 Å². The van der Waals surface area contributed by atoms with E-state index in [1.807, 2.05) is 0 Å². The molecule has 0 unspecified atom stereocenters. The van der Waals surface area contributed by atoms with Gasteiger partial charge in [0.15, 0.2) is 0 Å². The molecule has 0 bridgehead atoms. The van der Waals surface area contributed by atoms with Gasteiger partial charge in [0.05, 0.1) is 4.90 Å². The van der Waals surface area contributed by atoms with Crippen molar-refractivity contribution in [2.45, 2.75) is 30.2 Å². The van der Waals surface area contributed by atoms with Crippen molar-refractivity contribution in [3.63, 3.8) is 0 Å². The number of benzene rings is 1. The molecule has 0 amide bonds. The SMILES string of the molecule is CSc1c(F)cc(NC2CCC2)cc1F. The molecule has 0 radical (unpaired) electrons. The lowest BCUT2D eigenvalue weighted by Gasteiger charge is -2.27. The number of anilines is 1. The Kier molecular flexibility index (Phi) is 3.14. The maximum absolute atomic E-state index is 13.4. The van der Waals surface area contributed by atoms with Crippen LogP contribution in [0.3, 0.4) is 0 Å². The lowest BCUT2D eigenvalue weighted by Crippen LogP contribution is -2.27. The largest absolute Gasteiger partial charge is 0.382 e. The second kappa shape index (κ2) is 4.39. The zero-order chi connectivity index (χ0) is 10.8.